The molecule has 0 aromatic heterocycles. The molecule has 1 N–H and O–H groups in total. The van der Waals surface area contributed by atoms with E-state index in [1.807, 2.05) is 12.1 Å². The van der Waals surface area contributed by atoms with E-state index in [0.29, 0.717) is 5.56 Å². The number of aryl methyl sites for hydroxylation is 1. The monoisotopic (exact) mass is 372 g/mol. The summed E-state index contributed by atoms with van der Waals surface area (Å²) in [6.07, 6.45) is 7.64. The first-order valence-corrected chi connectivity index (χ1v) is 10.7. The van der Waals surface area contributed by atoms with Gasteiger partial charge in [0, 0.05) is 18.8 Å². The van der Waals surface area contributed by atoms with E-state index in [1.165, 1.54) is 25.7 Å². The Bertz CT molecular complexity index is 592. The standard InChI is InChI=1S/C19H32O5S/c1-4-7-8-9-10-11-14-17-15-12-13-16-18(17)19(23-5-2,24-6-3)25(20,21)22/h12-13,15-16H,4-11,14H2,1-3H3,(H,20,21,22). The Morgan fingerprint density at radius 3 is 2.04 bits per heavy atom. The predicted molar refractivity (Wildman–Crippen MR) is 100 cm³/mol. The summed E-state index contributed by atoms with van der Waals surface area (Å²) < 4.78 is 45.1. The van der Waals surface area contributed by atoms with Gasteiger partial charge in [-0.1, -0.05) is 63.3 Å². The first-order chi connectivity index (χ1) is 11.9. The highest BCUT2D eigenvalue weighted by Crippen LogP contribution is 2.35. The first kappa shape index (κ1) is 22.1. The maximum Gasteiger partial charge on any atom is 0.327 e. The van der Waals surface area contributed by atoms with Crippen LogP contribution in [0.25, 0.3) is 0 Å². The van der Waals surface area contributed by atoms with E-state index in [9.17, 15) is 13.0 Å². The quantitative estimate of drug-likeness (QED) is 0.310. The van der Waals surface area contributed by atoms with E-state index < -0.39 is 15.2 Å². The Morgan fingerprint density at radius 1 is 0.920 bits per heavy atom. The molecule has 1 aromatic rings. The van der Waals surface area contributed by atoms with Crippen molar-refractivity contribution in [3.63, 3.8) is 0 Å². The van der Waals surface area contributed by atoms with Gasteiger partial charge in [-0.2, -0.15) is 8.42 Å². The molecule has 0 heterocycles. The fraction of sp³-hybridized carbons (Fsp3) is 0.684. The van der Waals surface area contributed by atoms with Gasteiger partial charge in [-0.25, -0.2) is 0 Å². The van der Waals surface area contributed by atoms with E-state index >= 15 is 0 Å². The Kier molecular flexibility index (Phi) is 9.64. The zero-order chi connectivity index (χ0) is 18.8. The molecule has 0 unspecified atom stereocenters. The molecule has 25 heavy (non-hydrogen) atoms. The number of benzene rings is 1. The Balaban J connectivity index is 3.04. The Hall–Kier alpha value is -0.950. The molecular formula is C19H32O5S. The predicted octanol–water partition coefficient (Wildman–Crippen LogP) is 4.66. The zero-order valence-corrected chi connectivity index (χ0v) is 16.5. The molecule has 0 amide bonds. The van der Waals surface area contributed by atoms with Gasteiger partial charge in [0.25, 0.3) is 0 Å². The molecule has 1 aromatic carbocycles. The first-order valence-electron chi connectivity index (χ1n) is 9.26. The molecule has 144 valence electrons. The number of hydrogen-bond donors (Lipinski definition) is 1. The van der Waals surface area contributed by atoms with Crippen LogP contribution in [-0.2, 0) is 31.1 Å². The zero-order valence-electron chi connectivity index (χ0n) is 15.7. The van der Waals surface area contributed by atoms with Crippen LogP contribution in [0.2, 0.25) is 0 Å². The molecule has 0 aliphatic carbocycles. The van der Waals surface area contributed by atoms with Crippen molar-refractivity contribution in [3.05, 3.63) is 35.4 Å². The summed E-state index contributed by atoms with van der Waals surface area (Å²) in [4.78, 5) is 0. The van der Waals surface area contributed by atoms with Gasteiger partial charge < -0.3 is 9.47 Å². The molecule has 0 aliphatic heterocycles. The van der Waals surface area contributed by atoms with Crippen LogP contribution in [0.1, 0.15) is 70.4 Å². The lowest BCUT2D eigenvalue weighted by Crippen LogP contribution is -2.42. The topological polar surface area (TPSA) is 72.8 Å². The highest BCUT2D eigenvalue weighted by atomic mass is 32.2. The Morgan fingerprint density at radius 2 is 1.48 bits per heavy atom. The van der Waals surface area contributed by atoms with Crippen molar-refractivity contribution in [2.75, 3.05) is 13.2 Å². The number of unbranched alkanes of at least 4 members (excludes halogenated alkanes) is 5. The number of hydrogen-bond acceptors (Lipinski definition) is 4. The van der Waals surface area contributed by atoms with Crippen LogP contribution in [0.4, 0.5) is 0 Å². The highest BCUT2D eigenvalue weighted by Gasteiger charge is 2.48. The normalized spacial score (nSPS) is 12.5. The molecule has 6 heteroatoms. The van der Waals surface area contributed by atoms with Gasteiger partial charge in [0.05, 0.1) is 0 Å². The van der Waals surface area contributed by atoms with Gasteiger partial charge in [-0.3, -0.25) is 4.55 Å². The van der Waals surface area contributed by atoms with Crippen LogP contribution in [-0.4, -0.2) is 26.2 Å². The minimum Gasteiger partial charge on any atom is -0.332 e. The lowest BCUT2D eigenvalue weighted by atomic mass is 9.99. The summed E-state index contributed by atoms with van der Waals surface area (Å²) in [6, 6.07) is 7.13. The highest BCUT2D eigenvalue weighted by molar-refractivity contribution is 7.86. The second kappa shape index (κ2) is 10.9. The molecule has 0 fully saturated rings. The van der Waals surface area contributed by atoms with E-state index in [1.54, 1.807) is 26.0 Å². The van der Waals surface area contributed by atoms with Crippen molar-refractivity contribution in [2.24, 2.45) is 0 Å². The molecule has 0 spiro atoms. The molecule has 0 radical (unpaired) electrons. The average Bonchev–Trinajstić information content (AvgIpc) is 2.57. The van der Waals surface area contributed by atoms with Crippen molar-refractivity contribution in [1.82, 2.24) is 0 Å². The van der Waals surface area contributed by atoms with Crippen LogP contribution in [0.5, 0.6) is 0 Å². The van der Waals surface area contributed by atoms with Crippen LogP contribution in [0, 0.1) is 0 Å². The molecule has 5 nitrogen and oxygen atoms in total. The molecule has 0 bridgehead atoms. The summed E-state index contributed by atoms with van der Waals surface area (Å²) in [6.45, 7) is 5.74. The van der Waals surface area contributed by atoms with Crippen LogP contribution in [0.15, 0.2) is 24.3 Å². The third kappa shape index (κ3) is 6.06. The van der Waals surface area contributed by atoms with Crippen LogP contribution >= 0.6 is 0 Å². The summed E-state index contributed by atoms with van der Waals surface area (Å²) in [5.74, 6) is 0. The van der Waals surface area contributed by atoms with Crippen molar-refractivity contribution >= 4 is 10.1 Å². The largest absolute Gasteiger partial charge is 0.332 e. The molecule has 1 rings (SSSR count). The lowest BCUT2D eigenvalue weighted by molar-refractivity contribution is -0.183. The molecule has 0 atom stereocenters. The second-order valence-corrected chi connectivity index (χ2v) is 7.56. The van der Waals surface area contributed by atoms with Gasteiger partial charge in [-0.15, -0.1) is 0 Å². The second-order valence-electron chi connectivity index (χ2n) is 6.07. The summed E-state index contributed by atoms with van der Waals surface area (Å²) in [5, 5.41) is -2.16. The van der Waals surface area contributed by atoms with Gasteiger partial charge >= 0.3 is 15.2 Å². The Labute approximate surface area is 152 Å². The third-order valence-electron chi connectivity index (χ3n) is 4.16. The SMILES string of the molecule is CCCCCCCCc1ccccc1C(OCC)(OCC)S(=O)(=O)O. The van der Waals surface area contributed by atoms with E-state index in [-0.39, 0.29) is 13.2 Å². The summed E-state index contributed by atoms with van der Waals surface area (Å²) in [7, 11) is -4.61. The maximum atomic E-state index is 12.1. The third-order valence-corrected chi connectivity index (χ3v) is 5.29. The minimum absolute atomic E-state index is 0.102. The van der Waals surface area contributed by atoms with E-state index in [0.717, 1.165) is 24.8 Å². The summed E-state index contributed by atoms with van der Waals surface area (Å²) in [5.41, 5.74) is 1.20. The van der Waals surface area contributed by atoms with Crippen molar-refractivity contribution in [1.29, 1.82) is 0 Å². The van der Waals surface area contributed by atoms with Gasteiger partial charge in [0.15, 0.2) is 0 Å². The molecule has 0 aliphatic rings. The van der Waals surface area contributed by atoms with Gasteiger partial charge in [-0.05, 0) is 32.3 Å². The van der Waals surface area contributed by atoms with E-state index in [4.69, 9.17) is 9.47 Å². The fourth-order valence-electron chi connectivity index (χ4n) is 3.00. The summed E-state index contributed by atoms with van der Waals surface area (Å²) >= 11 is 0. The van der Waals surface area contributed by atoms with Crippen LogP contribution < -0.4 is 0 Å². The smallest absolute Gasteiger partial charge is 0.327 e. The van der Waals surface area contributed by atoms with E-state index in [2.05, 4.69) is 6.92 Å². The fourth-order valence-corrected chi connectivity index (χ4v) is 4.01. The molecule has 0 saturated carbocycles. The van der Waals surface area contributed by atoms with Crippen molar-refractivity contribution in [2.45, 2.75) is 70.8 Å². The van der Waals surface area contributed by atoms with Crippen molar-refractivity contribution < 1.29 is 22.4 Å². The van der Waals surface area contributed by atoms with Crippen LogP contribution in [0.3, 0.4) is 0 Å². The number of ether oxygens (including phenoxy) is 2. The maximum absolute atomic E-state index is 12.1. The van der Waals surface area contributed by atoms with Gasteiger partial charge in [0.1, 0.15) is 0 Å². The van der Waals surface area contributed by atoms with Gasteiger partial charge in [0.2, 0.25) is 0 Å². The minimum atomic E-state index is -4.61. The molecule has 0 saturated heterocycles. The number of rotatable bonds is 13. The van der Waals surface area contributed by atoms with Crippen molar-refractivity contribution in [3.8, 4) is 0 Å². The average molecular weight is 373 g/mol. The lowest BCUT2D eigenvalue weighted by Gasteiger charge is -2.31. The molecular weight excluding hydrogens is 340 g/mol.